The number of rotatable bonds is 4. The summed E-state index contributed by atoms with van der Waals surface area (Å²) in [4.78, 5) is 23.7. The third-order valence-electron chi connectivity index (χ3n) is 7.12. The Labute approximate surface area is 240 Å². The van der Waals surface area contributed by atoms with Crippen LogP contribution in [-0.4, -0.2) is 26.4 Å². The van der Waals surface area contributed by atoms with Crippen molar-refractivity contribution in [3.05, 3.63) is 135 Å². The molecule has 0 fully saturated rings. The van der Waals surface area contributed by atoms with Gasteiger partial charge in [0.05, 0.1) is 33.7 Å². The summed E-state index contributed by atoms with van der Waals surface area (Å²) in [5, 5.41) is 20.7. The van der Waals surface area contributed by atoms with Crippen LogP contribution in [-0.2, 0) is 0 Å². The first kappa shape index (κ1) is 24.7. The average molecular weight is 560 g/mol. The van der Waals surface area contributed by atoms with E-state index >= 15 is 0 Å². The van der Waals surface area contributed by atoms with Crippen molar-refractivity contribution in [3.8, 4) is 5.69 Å². The Hall–Kier alpha value is -5.28. The lowest BCUT2D eigenvalue weighted by molar-refractivity contribution is -0.384. The molecule has 0 bridgehead atoms. The molecule has 0 saturated carbocycles. The number of nitrogens with one attached hydrogen (secondary N) is 1. The molecule has 0 aliphatic carbocycles. The van der Waals surface area contributed by atoms with Gasteiger partial charge in [-0.1, -0.05) is 60.1 Å². The molecule has 0 unspecified atom stereocenters. The normalized spacial score (nSPS) is 15.3. The number of anilines is 2. The Balaban J connectivity index is 1.51. The van der Waals surface area contributed by atoms with Crippen molar-refractivity contribution in [1.82, 2.24) is 9.78 Å². The molecule has 9 nitrogen and oxygen atoms in total. The molecule has 2 aliphatic rings. The van der Waals surface area contributed by atoms with Crippen molar-refractivity contribution >= 4 is 51.8 Å². The molecule has 1 N–H and O–H groups in total. The molecule has 1 aromatic heterocycles. The Bertz CT molecular complexity index is 1900. The van der Waals surface area contributed by atoms with Gasteiger partial charge >= 0.3 is 0 Å². The number of halogens is 1. The number of non-ortho nitro benzene ring substituents is 1. The number of benzene rings is 4. The SMILES string of the molecule is Cc1nn(-c2ccccc2)c2c1[C@H](c1cccc([N+](=O)[O-])c1)N1C(=N2)C(Nc2cccc(Cl)c2)=Nc2ccccc21. The molecule has 2 aliphatic heterocycles. The first-order valence-corrected chi connectivity index (χ1v) is 13.3. The predicted octanol–water partition coefficient (Wildman–Crippen LogP) is 7.54. The molecule has 7 rings (SSSR count). The highest BCUT2D eigenvalue weighted by Gasteiger charge is 2.41. The predicted molar refractivity (Wildman–Crippen MR) is 161 cm³/mol. The molecule has 0 saturated heterocycles. The topological polar surface area (TPSA) is 101 Å². The van der Waals surface area contributed by atoms with Crippen molar-refractivity contribution in [2.24, 2.45) is 9.98 Å². The number of fused-ring (bicyclic) bond motifs is 4. The summed E-state index contributed by atoms with van der Waals surface area (Å²) in [6, 6.07) is 31.2. The number of amidine groups is 2. The molecular weight excluding hydrogens is 538 g/mol. The summed E-state index contributed by atoms with van der Waals surface area (Å²) in [6.07, 6.45) is 0. The summed E-state index contributed by atoms with van der Waals surface area (Å²) in [7, 11) is 0. The molecule has 1 atom stereocenters. The van der Waals surface area contributed by atoms with E-state index in [1.54, 1.807) is 18.2 Å². The molecule has 0 radical (unpaired) electrons. The molecule has 200 valence electrons. The summed E-state index contributed by atoms with van der Waals surface area (Å²) >= 11 is 6.30. The van der Waals surface area contributed by atoms with Crippen molar-refractivity contribution in [2.45, 2.75) is 13.0 Å². The second kappa shape index (κ2) is 9.72. The van der Waals surface area contributed by atoms with Gasteiger partial charge in [0.2, 0.25) is 0 Å². The fourth-order valence-corrected chi connectivity index (χ4v) is 5.56. The fraction of sp³-hybridized carbons (Fsp3) is 0.0645. The minimum atomic E-state index is -0.470. The first-order chi connectivity index (χ1) is 20.0. The zero-order valence-electron chi connectivity index (χ0n) is 21.8. The van der Waals surface area contributed by atoms with E-state index in [1.807, 2.05) is 90.5 Å². The van der Waals surface area contributed by atoms with Gasteiger partial charge in [-0.2, -0.15) is 5.10 Å². The molecule has 0 spiro atoms. The minimum absolute atomic E-state index is 0.0115. The van der Waals surface area contributed by atoms with E-state index in [1.165, 1.54) is 6.07 Å². The van der Waals surface area contributed by atoms with Crippen LogP contribution in [0.1, 0.15) is 22.9 Å². The first-order valence-electron chi connectivity index (χ1n) is 13.0. The number of para-hydroxylation sites is 3. The largest absolute Gasteiger partial charge is 0.337 e. The van der Waals surface area contributed by atoms with E-state index in [4.69, 9.17) is 26.7 Å². The van der Waals surface area contributed by atoms with Gasteiger partial charge in [0.15, 0.2) is 17.5 Å². The third-order valence-corrected chi connectivity index (χ3v) is 7.36. The molecule has 5 aromatic rings. The standard InChI is InChI=1S/C31H22ClN7O2/c1-19-27-28(20-9-7-14-24(17-20)39(40)41)37-26-16-6-5-15-25(26)34-29(33-22-11-8-10-21(32)18-22)31(37)35-30(27)38(36-19)23-12-3-2-4-13-23/h2-18,28H,1H3,(H,33,34)/t28-/m0/s1. The Kier molecular flexibility index (Phi) is 5.87. The lowest BCUT2D eigenvalue weighted by Crippen LogP contribution is -2.46. The molecular formula is C31H22ClN7O2. The average Bonchev–Trinajstić information content (AvgIpc) is 3.32. The van der Waals surface area contributed by atoms with Crippen LogP contribution in [0.2, 0.25) is 5.02 Å². The number of aryl methyl sites for hydroxylation is 1. The molecule has 3 heterocycles. The highest BCUT2D eigenvalue weighted by Crippen LogP contribution is 2.48. The quantitative estimate of drug-likeness (QED) is 0.181. The fourth-order valence-electron chi connectivity index (χ4n) is 5.37. The summed E-state index contributed by atoms with van der Waals surface area (Å²) in [5.41, 5.74) is 5.55. The van der Waals surface area contributed by atoms with E-state index in [9.17, 15) is 10.1 Å². The van der Waals surface area contributed by atoms with E-state index in [2.05, 4.69) is 10.2 Å². The number of hydrogen-bond donors (Lipinski definition) is 1. The number of nitro groups is 1. The van der Waals surface area contributed by atoms with E-state index < -0.39 is 6.04 Å². The summed E-state index contributed by atoms with van der Waals surface area (Å²) in [6.45, 7) is 1.94. The second-order valence-corrected chi connectivity index (χ2v) is 10.2. The van der Waals surface area contributed by atoms with Crippen molar-refractivity contribution in [1.29, 1.82) is 0 Å². The van der Waals surface area contributed by atoms with Crippen LogP contribution < -0.4 is 10.2 Å². The third kappa shape index (κ3) is 4.23. The van der Waals surface area contributed by atoms with Crippen LogP contribution in [0.3, 0.4) is 0 Å². The van der Waals surface area contributed by atoms with Gasteiger partial charge in [-0.25, -0.2) is 14.7 Å². The highest BCUT2D eigenvalue weighted by molar-refractivity contribution is 6.51. The van der Waals surface area contributed by atoms with Crippen molar-refractivity contribution in [3.63, 3.8) is 0 Å². The number of nitrogens with zero attached hydrogens (tertiary/aromatic N) is 6. The van der Waals surface area contributed by atoms with Crippen LogP contribution in [0.15, 0.2) is 113 Å². The van der Waals surface area contributed by atoms with Gasteiger partial charge < -0.3 is 10.2 Å². The smallest absolute Gasteiger partial charge is 0.269 e. The Morgan fingerprint density at radius 3 is 2.49 bits per heavy atom. The maximum atomic E-state index is 11.8. The number of nitro benzene ring substituents is 1. The van der Waals surface area contributed by atoms with E-state index in [0.29, 0.717) is 22.5 Å². The maximum absolute atomic E-state index is 11.8. The minimum Gasteiger partial charge on any atom is -0.337 e. The maximum Gasteiger partial charge on any atom is 0.269 e. The number of hydrogen-bond acceptors (Lipinski definition) is 7. The molecule has 0 amide bonds. The second-order valence-electron chi connectivity index (χ2n) is 9.71. The highest BCUT2D eigenvalue weighted by atomic mass is 35.5. The van der Waals surface area contributed by atoms with Gasteiger partial charge in [-0.3, -0.25) is 10.1 Å². The van der Waals surface area contributed by atoms with Gasteiger partial charge in [0, 0.05) is 28.4 Å². The van der Waals surface area contributed by atoms with Crippen LogP contribution in [0.25, 0.3) is 5.69 Å². The van der Waals surface area contributed by atoms with Crippen LogP contribution in [0.4, 0.5) is 28.6 Å². The van der Waals surface area contributed by atoms with Crippen molar-refractivity contribution < 1.29 is 4.92 Å². The van der Waals surface area contributed by atoms with Gasteiger partial charge in [0.1, 0.15) is 0 Å². The van der Waals surface area contributed by atoms with Crippen LogP contribution in [0, 0.1) is 17.0 Å². The van der Waals surface area contributed by atoms with E-state index in [-0.39, 0.29) is 10.6 Å². The Morgan fingerprint density at radius 1 is 0.902 bits per heavy atom. The van der Waals surface area contributed by atoms with Crippen LogP contribution in [0.5, 0.6) is 0 Å². The lowest BCUT2D eigenvalue weighted by Gasteiger charge is -2.40. The number of aromatic nitrogens is 2. The molecule has 4 aromatic carbocycles. The van der Waals surface area contributed by atoms with E-state index in [0.717, 1.165) is 39.6 Å². The van der Waals surface area contributed by atoms with Crippen molar-refractivity contribution in [2.75, 3.05) is 10.2 Å². The Morgan fingerprint density at radius 2 is 1.68 bits per heavy atom. The summed E-state index contributed by atoms with van der Waals surface area (Å²) < 4.78 is 1.82. The monoisotopic (exact) mass is 559 g/mol. The molecule has 10 heteroatoms. The zero-order valence-corrected chi connectivity index (χ0v) is 22.5. The molecule has 41 heavy (non-hydrogen) atoms. The summed E-state index contributed by atoms with van der Waals surface area (Å²) in [5.74, 6) is 1.71. The van der Waals surface area contributed by atoms with Gasteiger partial charge in [-0.15, -0.1) is 0 Å². The number of aliphatic imine (C=N–C) groups is 2. The van der Waals surface area contributed by atoms with Crippen LogP contribution >= 0.6 is 11.6 Å². The lowest BCUT2D eigenvalue weighted by atomic mass is 9.93. The zero-order chi connectivity index (χ0) is 28.1. The van der Waals surface area contributed by atoms with Gasteiger partial charge in [0.25, 0.3) is 5.69 Å². The van der Waals surface area contributed by atoms with Gasteiger partial charge in [-0.05, 0) is 55.0 Å².